The van der Waals surface area contributed by atoms with E-state index in [0.717, 1.165) is 0 Å². The summed E-state index contributed by atoms with van der Waals surface area (Å²) in [5.41, 5.74) is 5.83. The minimum Gasteiger partial charge on any atom is -0.480 e. The topological polar surface area (TPSA) is 158 Å². The number of hydrogen-bond donors (Lipinski definition) is 5. The summed E-state index contributed by atoms with van der Waals surface area (Å²) in [5.74, 6) is -2.95. The van der Waals surface area contributed by atoms with Gasteiger partial charge in [-0.05, 0) is 6.42 Å². The van der Waals surface area contributed by atoms with Crippen LogP contribution in [-0.4, -0.2) is 50.1 Å². The van der Waals surface area contributed by atoms with Crippen molar-refractivity contribution < 1.29 is 24.6 Å². The molecule has 0 saturated carbocycles. The van der Waals surface area contributed by atoms with Crippen molar-refractivity contribution >= 4 is 17.8 Å². The van der Waals surface area contributed by atoms with Crippen molar-refractivity contribution in [3.63, 3.8) is 0 Å². The van der Waals surface area contributed by atoms with Crippen LogP contribution < -0.4 is 11.1 Å². The van der Waals surface area contributed by atoms with Gasteiger partial charge in [-0.1, -0.05) is 0 Å². The summed E-state index contributed by atoms with van der Waals surface area (Å²) >= 11 is 0. The predicted molar refractivity (Wildman–Crippen MR) is 66.7 cm³/mol. The molecular weight excluding hydrogens is 268 g/mol. The van der Waals surface area contributed by atoms with Gasteiger partial charge in [0.25, 0.3) is 0 Å². The van der Waals surface area contributed by atoms with Gasteiger partial charge in [0.1, 0.15) is 12.1 Å². The Balaban J connectivity index is 2.47. The molecule has 0 radical (unpaired) electrons. The van der Waals surface area contributed by atoms with Gasteiger partial charge in [0.2, 0.25) is 5.91 Å². The van der Waals surface area contributed by atoms with Crippen molar-refractivity contribution in [2.75, 3.05) is 0 Å². The Hall–Kier alpha value is -2.42. The molecule has 1 aromatic rings. The molecule has 0 unspecified atom stereocenters. The number of nitrogens with two attached hydrogens (primary N) is 1. The number of carbonyl (C=O) groups excluding carboxylic acids is 1. The minimum absolute atomic E-state index is 0.0580. The lowest BCUT2D eigenvalue weighted by atomic mass is 10.1. The number of amides is 1. The molecule has 9 nitrogen and oxygen atoms in total. The number of rotatable bonds is 8. The van der Waals surface area contributed by atoms with Crippen molar-refractivity contribution in [3.05, 3.63) is 18.2 Å². The second kappa shape index (κ2) is 7.24. The van der Waals surface area contributed by atoms with E-state index in [-0.39, 0.29) is 19.3 Å². The second-order valence-electron chi connectivity index (χ2n) is 4.22. The Kier molecular flexibility index (Phi) is 5.66. The molecule has 6 N–H and O–H groups in total. The number of hydrogen-bond acceptors (Lipinski definition) is 5. The first-order chi connectivity index (χ1) is 9.40. The Labute approximate surface area is 114 Å². The van der Waals surface area contributed by atoms with Gasteiger partial charge < -0.3 is 26.2 Å². The number of nitrogens with zero attached hydrogens (tertiary/aromatic N) is 1. The average Bonchev–Trinajstić information content (AvgIpc) is 2.87. The third-order valence-electron chi connectivity index (χ3n) is 2.61. The van der Waals surface area contributed by atoms with Gasteiger partial charge in [0, 0.05) is 24.7 Å². The van der Waals surface area contributed by atoms with Gasteiger partial charge in [-0.15, -0.1) is 0 Å². The van der Waals surface area contributed by atoms with Crippen LogP contribution in [0.15, 0.2) is 12.5 Å². The number of aliphatic carboxylic acids is 2. The average molecular weight is 284 g/mol. The van der Waals surface area contributed by atoms with E-state index >= 15 is 0 Å². The van der Waals surface area contributed by atoms with Crippen LogP contribution in [0.25, 0.3) is 0 Å². The molecule has 1 rings (SSSR count). The van der Waals surface area contributed by atoms with Crippen LogP contribution in [0.1, 0.15) is 18.5 Å². The molecule has 0 saturated heterocycles. The van der Waals surface area contributed by atoms with Gasteiger partial charge >= 0.3 is 11.9 Å². The van der Waals surface area contributed by atoms with Crippen LogP contribution in [0.2, 0.25) is 0 Å². The first kappa shape index (κ1) is 15.6. The van der Waals surface area contributed by atoms with E-state index in [1.54, 1.807) is 0 Å². The zero-order valence-electron chi connectivity index (χ0n) is 10.6. The van der Waals surface area contributed by atoms with Crippen molar-refractivity contribution in [1.82, 2.24) is 15.3 Å². The highest BCUT2D eigenvalue weighted by atomic mass is 16.4. The maximum atomic E-state index is 11.6. The maximum Gasteiger partial charge on any atom is 0.326 e. The molecule has 20 heavy (non-hydrogen) atoms. The van der Waals surface area contributed by atoms with Crippen molar-refractivity contribution in [1.29, 1.82) is 0 Å². The van der Waals surface area contributed by atoms with E-state index in [2.05, 4.69) is 15.3 Å². The van der Waals surface area contributed by atoms with E-state index in [4.69, 9.17) is 15.9 Å². The lowest BCUT2D eigenvalue weighted by Gasteiger charge is -2.14. The smallest absolute Gasteiger partial charge is 0.326 e. The summed E-state index contributed by atoms with van der Waals surface area (Å²) in [5, 5.41) is 19.9. The van der Waals surface area contributed by atoms with Gasteiger partial charge in [0.15, 0.2) is 0 Å². The number of aromatic amines is 1. The number of carbonyl (C=O) groups is 3. The zero-order valence-corrected chi connectivity index (χ0v) is 10.6. The number of aromatic nitrogens is 2. The van der Waals surface area contributed by atoms with Gasteiger partial charge in [-0.3, -0.25) is 9.59 Å². The second-order valence-corrected chi connectivity index (χ2v) is 4.22. The fourth-order valence-corrected chi connectivity index (χ4v) is 1.49. The number of H-pyrrole nitrogens is 1. The normalized spacial score (nSPS) is 13.4. The van der Waals surface area contributed by atoms with Crippen LogP contribution in [0.5, 0.6) is 0 Å². The molecule has 1 heterocycles. The van der Waals surface area contributed by atoms with E-state index in [0.29, 0.717) is 5.69 Å². The van der Waals surface area contributed by atoms with Gasteiger partial charge in [-0.25, -0.2) is 9.78 Å². The molecular formula is C11H16N4O5. The first-order valence-electron chi connectivity index (χ1n) is 5.88. The SMILES string of the molecule is N[C@H](CCC(=O)N[C@@H](Cc1cnc[nH]1)C(=O)O)C(=O)O. The molecule has 0 aromatic carbocycles. The quantitative estimate of drug-likeness (QED) is 0.397. The highest BCUT2D eigenvalue weighted by molar-refractivity contribution is 5.84. The summed E-state index contributed by atoms with van der Waals surface area (Å²) in [6, 6.07) is -2.25. The maximum absolute atomic E-state index is 11.6. The predicted octanol–water partition coefficient (Wildman–Crippen LogP) is -1.29. The molecule has 0 bridgehead atoms. The van der Waals surface area contributed by atoms with Crippen LogP contribution in [-0.2, 0) is 20.8 Å². The van der Waals surface area contributed by atoms with E-state index < -0.39 is 29.9 Å². The number of nitrogens with one attached hydrogen (secondary N) is 2. The first-order valence-corrected chi connectivity index (χ1v) is 5.88. The molecule has 2 atom stereocenters. The van der Waals surface area contributed by atoms with Crippen LogP contribution >= 0.6 is 0 Å². The summed E-state index contributed by atoms with van der Waals surface area (Å²) < 4.78 is 0. The Morgan fingerprint density at radius 3 is 2.55 bits per heavy atom. The number of imidazole rings is 1. The van der Waals surface area contributed by atoms with Gasteiger partial charge in [-0.2, -0.15) is 0 Å². The van der Waals surface area contributed by atoms with E-state index in [1.807, 2.05) is 0 Å². The highest BCUT2D eigenvalue weighted by Crippen LogP contribution is 2.01. The molecule has 0 aliphatic carbocycles. The summed E-state index contributed by atoms with van der Waals surface area (Å²) in [7, 11) is 0. The summed E-state index contributed by atoms with van der Waals surface area (Å²) in [4.78, 5) is 39.6. The number of carboxylic acids is 2. The van der Waals surface area contributed by atoms with Crippen molar-refractivity contribution in [2.24, 2.45) is 5.73 Å². The number of carboxylic acid groups (broad SMARTS) is 2. The third kappa shape index (κ3) is 5.06. The fraction of sp³-hybridized carbons (Fsp3) is 0.455. The summed E-state index contributed by atoms with van der Waals surface area (Å²) in [6.07, 6.45) is 2.72. The van der Waals surface area contributed by atoms with E-state index in [9.17, 15) is 14.4 Å². The van der Waals surface area contributed by atoms with Crippen LogP contribution in [0, 0.1) is 0 Å². The van der Waals surface area contributed by atoms with Crippen molar-refractivity contribution in [3.8, 4) is 0 Å². The standard InChI is InChI=1S/C11H16N4O5/c12-7(10(17)18)1-2-9(16)15-8(11(19)20)3-6-4-13-5-14-6/h4-5,7-8H,1-3,12H2,(H,13,14)(H,15,16)(H,17,18)(H,19,20)/t7-,8+/m1/s1. The van der Waals surface area contributed by atoms with E-state index in [1.165, 1.54) is 12.5 Å². The molecule has 0 spiro atoms. The minimum atomic E-state index is -1.20. The van der Waals surface area contributed by atoms with Crippen LogP contribution in [0.4, 0.5) is 0 Å². The molecule has 9 heteroatoms. The van der Waals surface area contributed by atoms with Crippen molar-refractivity contribution in [2.45, 2.75) is 31.3 Å². The highest BCUT2D eigenvalue weighted by Gasteiger charge is 2.22. The molecule has 1 aromatic heterocycles. The summed E-state index contributed by atoms with van der Waals surface area (Å²) in [6.45, 7) is 0. The lowest BCUT2D eigenvalue weighted by Crippen LogP contribution is -2.43. The molecule has 1 amide bonds. The fourth-order valence-electron chi connectivity index (χ4n) is 1.49. The largest absolute Gasteiger partial charge is 0.480 e. The monoisotopic (exact) mass is 284 g/mol. The van der Waals surface area contributed by atoms with Crippen LogP contribution in [0.3, 0.4) is 0 Å². The molecule has 0 aliphatic heterocycles. The Morgan fingerprint density at radius 2 is 2.05 bits per heavy atom. The Bertz CT molecular complexity index is 473. The lowest BCUT2D eigenvalue weighted by molar-refractivity contribution is -0.142. The molecule has 0 aliphatic rings. The third-order valence-corrected chi connectivity index (χ3v) is 2.61. The van der Waals surface area contributed by atoms with Gasteiger partial charge in [0.05, 0.1) is 6.33 Å². The molecule has 0 fully saturated rings. The molecule has 110 valence electrons. The zero-order chi connectivity index (χ0) is 15.1. The Morgan fingerprint density at radius 1 is 1.35 bits per heavy atom.